The summed E-state index contributed by atoms with van der Waals surface area (Å²) < 4.78 is 9.26. The number of benzene rings is 2. The SMILES string of the molecule is COc1cccc(CNC(=O)c2nsc(C(=O)NC[C@H](C)c3ccccc3)c2N)c1. The van der Waals surface area contributed by atoms with Gasteiger partial charge in [0.15, 0.2) is 5.69 Å². The summed E-state index contributed by atoms with van der Waals surface area (Å²) >= 11 is 0.920. The van der Waals surface area contributed by atoms with Crippen LogP contribution in [0.2, 0.25) is 0 Å². The lowest BCUT2D eigenvalue weighted by Gasteiger charge is -2.12. The lowest BCUT2D eigenvalue weighted by Crippen LogP contribution is -2.28. The summed E-state index contributed by atoms with van der Waals surface area (Å²) in [5.74, 6) is 0.0939. The minimum Gasteiger partial charge on any atom is -0.497 e. The van der Waals surface area contributed by atoms with Crippen molar-refractivity contribution in [1.29, 1.82) is 0 Å². The van der Waals surface area contributed by atoms with E-state index in [9.17, 15) is 9.59 Å². The topological polar surface area (TPSA) is 106 Å². The molecule has 1 atom stereocenters. The summed E-state index contributed by atoms with van der Waals surface area (Å²) in [6, 6.07) is 17.3. The van der Waals surface area contributed by atoms with Gasteiger partial charge in [-0.15, -0.1) is 0 Å². The number of nitrogen functional groups attached to an aromatic ring is 1. The predicted molar refractivity (Wildman–Crippen MR) is 118 cm³/mol. The van der Waals surface area contributed by atoms with Crippen LogP contribution in [0.4, 0.5) is 5.69 Å². The van der Waals surface area contributed by atoms with Gasteiger partial charge in [-0.05, 0) is 40.7 Å². The summed E-state index contributed by atoms with van der Waals surface area (Å²) in [4.78, 5) is 25.2. The molecule has 3 rings (SSSR count). The molecule has 3 aromatic rings. The maximum Gasteiger partial charge on any atom is 0.273 e. The molecule has 0 saturated heterocycles. The van der Waals surface area contributed by atoms with E-state index in [2.05, 4.69) is 15.0 Å². The van der Waals surface area contributed by atoms with E-state index in [0.717, 1.165) is 22.7 Å². The van der Waals surface area contributed by atoms with Gasteiger partial charge in [0.25, 0.3) is 11.8 Å². The average Bonchev–Trinajstić information content (AvgIpc) is 3.17. The molecule has 156 valence electrons. The lowest BCUT2D eigenvalue weighted by atomic mass is 10.0. The van der Waals surface area contributed by atoms with Crippen LogP contribution in [-0.2, 0) is 6.54 Å². The Morgan fingerprint density at radius 3 is 2.60 bits per heavy atom. The average molecular weight is 425 g/mol. The van der Waals surface area contributed by atoms with Crippen LogP contribution >= 0.6 is 11.5 Å². The highest BCUT2D eigenvalue weighted by molar-refractivity contribution is 7.09. The fraction of sp³-hybridized carbons (Fsp3) is 0.227. The molecule has 2 aromatic carbocycles. The summed E-state index contributed by atoms with van der Waals surface area (Å²) in [5.41, 5.74) is 8.20. The van der Waals surface area contributed by atoms with E-state index in [4.69, 9.17) is 10.5 Å². The van der Waals surface area contributed by atoms with Crippen LogP contribution in [0.15, 0.2) is 54.6 Å². The van der Waals surface area contributed by atoms with Crippen LogP contribution in [-0.4, -0.2) is 29.8 Å². The third-order valence-corrected chi connectivity index (χ3v) is 5.54. The molecular weight excluding hydrogens is 400 g/mol. The number of amides is 2. The van der Waals surface area contributed by atoms with Crippen LogP contribution in [0.25, 0.3) is 0 Å². The fourth-order valence-corrected chi connectivity index (χ4v) is 3.61. The van der Waals surface area contributed by atoms with Crippen LogP contribution < -0.4 is 21.1 Å². The maximum atomic E-state index is 12.5. The van der Waals surface area contributed by atoms with Gasteiger partial charge in [0.05, 0.1) is 12.8 Å². The third-order valence-electron chi connectivity index (χ3n) is 4.67. The Kier molecular flexibility index (Phi) is 7.03. The second kappa shape index (κ2) is 9.89. The molecule has 7 nitrogen and oxygen atoms in total. The van der Waals surface area contributed by atoms with Gasteiger partial charge < -0.3 is 21.1 Å². The van der Waals surface area contributed by atoms with Crippen molar-refractivity contribution in [1.82, 2.24) is 15.0 Å². The van der Waals surface area contributed by atoms with Gasteiger partial charge in [0.1, 0.15) is 10.6 Å². The summed E-state index contributed by atoms with van der Waals surface area (Å²) in [7, 11) is 1.58. The zero-order valence-electron chi connectivity index (χ0n) is 16.8. The highest BCUT2D eigenvalue weighted by Gasteiger charge is 2.22. The minimum atomic E-state index is -0.428. The second-order valence-corrected chi connectivity index (χ2v) is 7.60. The van der Waals surface area contributed by atoms with Gasteiger partial charge in [0, 0.05) is 13.1 Å². The van der Waals surface area contributed by atoms with Gasteiger partial charge in [-0.2, -0.15) is 4.37 Å². The quantitative estimate of drug-likeness (QED) is 0.515. The minimum absolute atomic E-state index is 0.0594. The van der Waals surface area contributed by atoms with Crippen LogP contribution in [0.5, 0.6) is 5.75 Å². The fourth-order valence-electron chi connectivity index (χ4n) is 2.90. The van der Waals surface area contributed by atoms with E-state index < -0.39 is 5.91 Å². The Morgan fingerprint density at radius 1 is 1.10 bits per heavy atom. The van der Waals surface area contributed by atoms with E-state index in [0.29, 0.717) is 18.8 Å². The molecule has 1 heterocycles. The smallest absolute Gasteiger partial charge is 0.273 e. The van der Waals surface area contributed by atoms with Crippen LogP contribution in [0, 0.1) is 0 Å². The number of methoxy groups -OCH3 is 1. The molecule has 0 radical (unpaired) electrons. The van der Waals surface area contributed by atoms with Crippen molar-refractivity contribution < 1.29 is 14.3 Å². The Bertz CT molecular complexity index is 1020. The van der Waals surface area contributed by atoms with E-state index in [-0.39, 0.29) is 28.1 Å². The standard InChI is InChI=1S/C22H24N4O3S/c1-14(16-8-4-3-5-9-16)12-24-22(28)20-18(23)19(26-30-20)21(27)25-13-15-7-6-10-17(11-15)29-2/h3-11,14H,12-13,23H2,1-2H3,(H,24,28)(H,25,27)/t14-/m0/s1. The molecule has 0 saturated carbocycles. The molecule has 1 aromatic heterocycles. The third kappa shape index (κ3) is 5.15. The molecular formula is C22H24N4O3S. The first-order valence-corrected chi connectivity index (χ1v) is 10.3. The molecule has 0 fully saturated rings. The molecule has 2 amide bonds. The molecule has 30 heavy (non-hydrogen) atoms. The van der Waals surface area contributed by atoms with E-state index in [1.54, 1.807) is 7.11 Å². The number of hydrogen-bond donors (Lipinski definition) is 3. The molecule has 0 unspecified atom stereocenters. The number of aromatic nitrogens is 1. The number of carbonyl (C=O) groups excluding carboxylic acids is 2. The largest absolute Gasteiger partial charge is 0.497 e. The van der Waals surface area contributed by atoms with Crippen molar-refractivity contribution in [2.24, 2.45) is 0 Å². The van der Waals surface area contributed by atoms with Crippen molar-refractivity contribution in [3.8, 4) is 5.75 Å². The Morgan fingerprint density at radius 2 is 1.87 bits per heavy atom. The van der Waals surface area contributed by atoms with Gasteiger partial charge in [-0.3, -0.25) is 9.59 Å². The molecule has 0 bridgehead atoms. The first-order chi connectivity index (χ1) is 14.5. The number of nitrogens with zero attached hydrogens (tertiary/aromatic N) is 1. The number of anilines is 1. The van der Waals surface area contributed by atoms with E-state index >= 15 is 0 Å². The predicted octanol–water partition coefficient (Wildman–Crippen LogP) is 3.20. The van der Waals surface area contributed by atoms with Crippen molar-refractivity contribution >= 4 is 29.0 Å². The first kappa shape index (κ1) is 21.3. The molecule has 4 N–H and O–H groups in total. The van der Waals surface area contributed by atoms with Gasteiger partial charge in [-0.1, -0.05) is 49.4 Å². The summed E-state index contributed by atoms with van der Waals surface area (Å²) in [5, 5.41) is 5.64. The summed E-state index contributed by atoms with van der Waals surface area (Å²) in [6.45, 7) is 2.78. The molecule has 0 aliphatic heterocycles. The Balaban J connectivity index is 1.58. The van der Waals surface area contributed by atoms with Crippen LogP contribution in [0.1, 0.15) is 44.1 Å². The maximum absolute atomic E-state index is 12.5. The molecule has 8 heteroatoms. The summed E-state index contributed by atoms with van der Waals surface area (Å²) in [6.07, 6.45) is 0. The molecule has 0 aliphatic rings. The second-order valence-electron chi connectivity index (χ2n) is 6.83. The number of carbonyl (C=O) groups is 2. The van der Waals surface area contributed by atoms with Crippen LogP contribution in [0.3, 0.4) is 0 Å². The monoisotopic (exact) mass is 424 g/mol. The number of hydrogen-bond acceptors (Lipinski definition) is 6. The highest BCUT2D eigenvalue weighted by atomic mass is 32.1. The molecule has 0 spiro atoms. The lowest BCUT2D eigenvalue weighted by molar-refractivity contribution is 0.0946. The van der Waals surface area contributed by atoms with E-state index in [1.807, 2.05) is 61.5 Å². The normalized spacial score (nSPS) is 11.5. The van der Waals surface area contributed by atoms with Gasteiger partial charge in [-0.25, -0.2) is 0 Å². The zero-order valence-corrected chi connectivity index (χ0v) is 17.7. The van der Waals surface area contributed by atoms with Gasteiger partial charge >= 0.3 is 0 Å². The van der Waals surface area contributed by atoms with Crippen molar-refractivity contribution in [3.05, 3.63) is 76.3 Å². The number of ether oxygens (including phenoxy) is 1. The van der Waals surface area contributed by atoms with Gasteiger partial charge in [0.2, 0.25) is 0 Å². The van der Waals surface area contributed by atoms with Crippen molar-refractivity contribution in [2.75, 3.05) is 19.4 Å². The van der Waals surface area contributed by atoms with E-state index in [1.165, 1.54) is 0 Å². The molecule has 0 aliphatic carbocycles. The van der Waals surface area contributed by atoms with Crippen molar-refractivity contribution in [3.63, 3.8) is 0 Å². The number of rotatable bonds is 8. The van der Waals surface area contributed by atoms with Crippen molar-refractivity contribution in [2.45, 2.75) is 19.4 Å². The highest BCUT2D eigenvalue weighted by Crippen LogP contribution is 2.22. The first-order valence-electron chi connectivity index (χ1n) is 9.49. The Hall–Kier alpha value is -3.39. The number of nitrogens with two attached hydrogens (primary N) is 1. The zero-order chi connectivity index (χ0) is 21.5. The Labute approximate surface area is 179 Å². The number of nitrogens with one attached hydrogen (secondary N) is 2.